The third-order valence-corrected chi connectivity index (χ3v) is 5.60. The second-order valence-electron chi connectivity index (χ2n) is 6.13. The van der Waals surface area contributed by atoms with Crippen LogP contribution in [0.3, 0.4) is 0 Å². The van der Waals surface area contributed by atoms with Gasteiger partial charge in [0.2, 0.25) is 10.0 Å². The second-order valence-corrected chi connectivity index (χ2v) is 8.07. The van der Waals surface area contributed by atoms with Crippen LogP contribution in [-0.4, -0.2) is 67.8 Å². The standard InChI is InChI=1S/C13H26N2O3S/c1-10-8-15(19(4,16)17)11(2)7-14(10)9-13-6-5-12(3)18-13/h10-13H,5-9H2,1-4H3. The number of rotatable bonds is 3. The molecule has 0 saturated carbocycles. The molecule has 112 valence electrons. The Morgan fingerprint density at radius 2 is 1.79 bits per heavy atom. The maximum Gasteiger partial charge on any atom is 0.211 e. The molecule has 19 heavy (non-hydrogen) atoms. The molecule has 0 bridgehead atoms. The number of ether oxygens (including phenoxy) is 1. The van der Waals surface area contributed by atoms with E-state index in [2.05, 4.69) is 18.7 Å². The molecular formula is C13H26N2O3S. The summed E-state index contributed by atoms with van der Waals surface area (Å²) in [4.78, 5) is 2.37. The Labute approximate surface area is 117 Å². The van der Waals surface area contributed by atoms with E-state index in [4.69, 9.17) is 4.74 Å². The van der Waals surface area contributed by atoms with E-state index in [1.807, 2.05) is 6.92 Å². The molecule has 0 spiro atoms. The predicted octanol–water partition coefficient (Wildman–Crippen LogP) is 0.908. The van der Waals surface area contributed by atoms with Gasteiger partial charge in [0.15, 0.2) is 0 Å². The molecule has 2 saturated heterocycles. The number of hydrogen-bond acceptors (Lipinski definition) is 4. The molecule has 2 fully saturated rings. The van der Waals surface area contributed by atoms with Gasteiger partial charge in [0.1, 0.15) is 0 Å². The zero-order valence-electron chi connectivity index (χ0n) is 12.4. The second kappa shape index (κ2) is 5.68. The lowest BCUT2D eigenvalue weighted by atomic mass is 10.1. The minimum atomic E-state index is -3.09. The first-order valence-electron chi connectivity index (χ1n) is 7.13. The first kappa shape index (κ1) is 15.2. The maximum atomic E-state index is 11.7. The number of hydrogen-bond donors (Lipinski definition) is 0. The van der Waals surface area contributed by atoms with Crippen molar-refractivity contribution in [2.75, 3.05) is 25.9 Å². The average molecular weight is 290 g/mol. The molecule has 2 rings (SSSR count). The molecule has 0 N–H and O–H groups in total. The molecule has 2 aliphatic heterocycles. The van der Waals surface area contributed by atoms with Crippen LogP contribution < -0.4 is 0 Å². The Hall–Kier alpha value is -0.170. The normalized spacial score (nSPS) is 38.7. The van der Waals surface area contributed by atoms with Crippen LogP contribution in [0, 0.1) is 0 Å². The van der Waals surface area contributed by atoms with Gasteiger partial charge < -0.3 is 4.74 Å². The molecule has 4 unspecified atom stereocenters. The Kier molecular flexibility index (Phi) is 4.55. The van der Waals surface area contributed by atoms with Gasteiger partial charge in [-0.3, -0.25) is 4.90 Å². The zero-order valence-corrected chi connectivity index (χ0v) is 13.2. The molecule has 4 atom stereocenters. The molecule has 0 amide bonds. The van der Waals surface area contributed by atoms with Crippen LogP contribution in [0.4, 0.5) is 0 Å². The quantitative estimate of drug-likeness (QED) is 0.775. The van der Waals surface area contributed by atoms with E-state index in [0.717, 1.165) is 25.9 Å². The van der Waals surface area contributed by atoms with Crippen molar-refractivity contribution in [2.45, 2.75) is 57.9 Å². The Morgan fingerprint density at radius 3 is 2.32 bits per heavy atom. The summed E-state index contributed by atoms with van der Waals surface area (Å²) < 4.78 is 30.9. The molecule has 0 aliphatic carbocycles. The number of sulfonamides is 1. The highest BCUT2D eigenvalue weighted by molar-refractivity contribution is 7.88. The molecule has 2 heterocycles. The zero-order chi connectivity index (χ0) is 14.2. The summed E-state index contributed by atoms with van der Waals surface area (Å²) in [7, 11) is -3.09. The van der Waals surface area contributed by atoms with Crippen LogP contribution >= 0.6 is 0 Å². The van der Waals surface area contributed by atoms with Gasteiger partial charge in [-0.15, -0.1) is 0 Å². The van der Waals surface area contributed by atoms with Crippen molar-refractivity contribution < 1.29 is 13.2 Å². The first-order valence-corrected chi connectivity index (χ1v) is 8.98. The smallest absolute Gasteiger partial charge is 0.211 e. The lowest BCUT2D eigenvalue weighted by molar-refractivity contribution is 0.00382. The van der Waals surface area contributed by atoms with Crippen LogP contribution in [0.25, 0.3) is 0 Å². The molecule has 6 heteroatoms. The van der Waals surface area contributed by atoms with E-state index in [-0.39, 0.29) is 12.1 Å². The summed E-state index contributed by atoms with van der Waals surface area (Å²) in [5, 5.41) is 0. The van der Waals surface area contributed by atoms with E-state index in [0.29, 0.717) is 18.8 Å². The van der Waals surface area contributed by atoms with Crippen molar-refractivity contribution in [3.05, 3.63) is 0 Å². The highest BCUT2D eigenvalue weighted by Crippen LogP contribution is 2.23. The largest absolute Gasteiger partial charge is 0.374 e. The van der Waals surface area contributed by atoms with Gasteiger partial charge in [-0.2, -0.15) is 4.31 Å². The van der Waals surface area contributed by atoms with Crippen molar-refractivity contribution in [2.24, 2.45) is 0 Å². The average Bonchev–Trinajstić information content (AvgIpc) is 2.67. The monoisotopic (exact) mass is 290 g/mol. The van der Waals surface area contributed by atoms with Crippen molar-refractivity contribution >= 4 is 10.0 Å². The summed E-state index contributed by atoms with van der Waals surface area (Å²) in [6.07, 6.45) is 4.24. The fraction of sp³-hybridized carbons (Fsp3) is 1.00. The maximum absolute atomic E-state index is 11.7. The minimum absolute atomic E-state index is 0.0463. The fourth-order valence-electron chi connectivity index (χ4n) is 3.16. The molecule has 0 aromatic rings. The van der Waals surface area contributed by atoms with Crippen LogP contribution in [0.5, 0.6) is 0 Å². The minimum Gasteiger partial charge on any atom is -0.374 e. The Bertz CT molecular complexity index is 412. The highest BCUT2D eigenvalue weighted by Gasteiger charge is 2.35. The summed E-state index contributed by atoms with van der Waals surface area (Å²) >= 11 is 0. The van der Waals surface area contributed by atoms with E-state index in [1.54, 1.807) is 4.31 Å². The molecule has 0 aromatic heterocycles. The van der Waals surface area contributed by atoms with Crippen molar-refractivity contribution in [1.29, 1.82) is 0 Å². The van der Waals surface area contributed by atoms with E-state index < -0.39 is 10.0 Å². The summed E-state index contributed by atoms with van der Waals surface area (Å²) in [6, 6.07) is 0.301. The Balaban J connectivity index is 1.95. The number of nitrogens with zero attached hydrogens (tertiary/aromatic N) is 2. The lowest BCUT2D eigenvalue weighted by Gasteiger charge is -2.43. The highest BCUT2D eigenvalue weighted by atomic mass is 32.2. The van der Waals surface area contributed by atoms with Crippen molar-refractivity contribution in [3.8, 4) is 0 Å². The molecule has 0 aromatic carbocycles. The van der Waals surface area contributed by atoms with Gasteiger partial charge in [0, 0.05) is 31.7 Å². The molecule has 5 nitrogen and oxygen atoms in total. The van der Waals surface area contributed by atoms with Gasteiger partial charge >= 0.3 is 0 Å². The molecule has 2 aliphatic rings. The predicted molar refractivity (Wildman–Crippen MR) is 75.6 cm³/mol. The molecule has 0 radical (unpaired) electrons. The van der Waals surface area contributed by atoms with Gasteiger partial charge in [-0.25, -0.2) is 8.42 Å². The lowest BCUT2D eigenvalue weighted by Crippen LogP contribution is -2.58. The van der Waals surface area contributed by atoms with Gasteiger partial charge in [-0.1, -0.05) is 0 Å². The number of piperazine rings is 1. The van der Waals surface area contributed by atoms with Crippen molar-refractivity contribution in [3.63, 3.8) is 0 Å². The fourth-order valence-corrected chi connectivity index (χ4v) is 4.37. The SMILES string of the molecule is CC1CCC(CN2CC(C)N(S(C)(=O)=O)CC2C)O1. The van der Waals surface area contributed by atoms with E-state index in [1.165, 1.54) is 6.26 Å². The first-order chi connectivity index (χ1) is 8.77. The van der Waals surface area contributed by atoms with Gasteiger partial charge in [-0.05, 0) is 33.6 Å². The third kappa shape index (κ3) is 3.68. The summed E-state index contributed by atoms with van der Waals surface area (Å²) in [6.45, 7) is 8.51. The van der Waals surface area contributed by atoms with Crippen molar-refractivity contribution in [1.82, 2.24) is 9.21 Å². The van der Waals surface area contributed by atoms with Crippen LogP contribution in [0.15, 0.2) is 0 Å². The van der Waals surface area contributed by atoms with Gasteiger partial charge in [0.05, 0.1) is 18.5 Å². The van der Waals surface area contributed by atoms with E-state index >= 15 is 0 Å². The summed E-state index contributed by atoms with van der Waals surface area (Å²) in [5.74, 6) is 0. The topological polar surface area (TPSA) is 49.9 Å². The summed E-state index contributed by atoms with van der Waals surface area (Å²) in [5.41, 5.74) is 0. The molecular weight excluding hydrogens is 264 g/mol. The third-order valence-electron chi connectivity index (χ3n) is 4.24. The Morgan fingerprint density at radius 1 is 1.11 bits per heavy atom. The van der Waals surface area contributed by atoms with Gasteiger partial charge in [0.25, 0.3) is 0 Å². The van der Waals surface area contributed by atoms with Crippen LogP contribution in [0.2, 0.25) is 0 Å². The van der Waals surface area contributed by atoms with Crippen LogP contribution in [0.1, 0.15) is 33.6 Å². The van der Waals surface area contributed by atoms with E-state index in [9.17, 15) is 8.42 Å². The van der Waals surface area contributed by atoms with Crippen LogP contribution in [-0.2, 0) is 14.8 Å².